The zero-order valence-electron chi connectivity index (χ0n) is 18.6. The van der Waals surface area contributed by atoms with Gasteiger partial charge in [0.25, 0.3) is 0 Å². The van der Waals surface area contributed by atoms with E-state index >= 15 is 0 Å². The highest BCUT2D eigenvalue weighted by atomic mass is 16.3. The Bertz CT molecular complexity index is 1290. The number of benzene rings is 2. The molecular formula is C25H24N6O3. The van der Waals surface area contributed by atoms with E-state index in [1.54, 1.807) is 24.3 Å². The number of nitrogens with one attached hydrogen (secondary N) is 2. The molecule has 2 aromatic carbocycles. The van der Waals surface area contributed by atoms with Crippen molar-refractivity contribution in [3.63, 3.8) is 0 Å². The predicted octanol–water partition coefficient (Wildman–Crippen LogP) is 3.54. The van der Waals surface area contributed by atoms with E-state index in [4.69, 9.17) is 4.42 Å². The second-order valence-electron chi connectivity index (χ2n) is 8.12. The molecule has 0 aliphatic carbocycles. The minimum absolute atomic E-state index is 0.117. The number of carbonyl (C=O) groups excluding carboxylic acids is 1. The highest BCUT2D eigenvalue weighted by Crippen LogP contribution is 2.30. The average Bonchev–Trinajstić information content (AvgIpc) is 3.39. The number of hydrogen-bond donors (Lipinski definition) is 3. The number of anilines is 3. The van der Waals surface area contributed by atoms with Gasteiger partial charge in [-0.2, -0.15) is 4.98 Å². The van der Waals surface area contributed by atoms with Gasteiger partial charge in [-0.3, -0.25) is 4.79 Å². The zero-order valence-corrected chi connectivity index (χ0v) is 18.6. The maximum atomic E-state index is 12.0. The van der Waals surface area contributed by atoms with Crippen LogP contribution in [0, 0.1) is 0 Å². The van der Waals surface area contributed by atoms with Gasteiger partial charge < -0.3 is 25.1 Å². The van der Waals surface area contributed by atoms with Crippen molar-refractivity contribution in [2.45, 2.75) is 19.0 Å². The molecule has 3 N–H and O–H groups in total. The summed E-state index contributed by atoms with van der Waals surface area (Å²) in [6.45, 7) is 0.439. The summed E-state index contributed by atoms with van der Waals surface area (Å²) in [6, 6.07) is 15.1. The summed E-state index contributed by atoms with van der Waals surface area (Å²) in [5, 5.41) is 16.6. The summed E-state index contributed by atoms with van der Waals surface area (Å²) < 4.78 is 5.47. The maximum Gasteiger partial charge on any atom is 0.231 e. The number of fused-ring (bicyclic) bond motifs is 1. The van der Waals surface area contributed by atoms with Crippen molar-refractivity contribution in [3.05, 3.63) is 83.9 Å². The predicted molar refractivity (Wildman–Crippen MR) is 127 cm³/mol. The Morgan fingerprint density at radius 1 is 1.15 bits per heavy atom. The smallest absolute Gasteiger partial charge is 0.231 e. The van der Waals surface area contributed by atoms with E-state index in [9.17, 15) is 9.90 Å². The topological polar surface area (TPSA) is 116 Å². The molecule has 9 nitrogen and oxygen atoms in total. The lowest BCUT2D eigenvalue weighted by molar-refractivity contribution is -0.130. The lowest BCUT2D eigenvalue weighted by Gasteiger charge is -2.25. The molecule has 1 aliphatic heterocycles. The number of amides is 1. The molecule has 1 aliphatic rings. The first-order valence-corrected chi connectivity index (χ1v) is 10.9. The molecule has 34 heavy (non-hydrogen) atoms. The maximum absolute atomic E-state index is 12.0. The van der Waals surface area contributed by atoms with E-state index in [2.05, 4.69) is 25.6 Å². The molecule has 0 fully saturated rings. The highest BCUT2D eigenvalue weighted by Gasteiger charge is 2.21. The lowest BCUT2D eigenvalue weighted by atomic mass is 9.99. The van der Waals surface area contributed by atoms with Gasteiger partial charge in [0.15, 0.2) is 0 Å². The third-order valence-corrected chi connectivity index (χ3v) is 5.78. The van der Waals surface area contributed by atoms with Gasteiger partial charge in [0.1, 0.15) is 12.1 Å². The number of rotatable bonds is 7. The van der Waals surface area contributed by atoms with Crippen LogP contribution in [0.2, 0.25) is 0 Å². The Labute approximate surface area is 196 Å². The van der Waals surface area contributed by atoms with Crippen LogP contribution in [-0.2, 0) is 17.8 Å². The number of hydrogen-bond acceptors (Lipinski definition) is 8. The molecule has 0 radical (unpaired) electrons. The van der Waals surface area contributed by atoms with Crippen molar-refractivity contribution < 1.29 is 14.3 Å². The SMILES string of the molecule is CN1Cc2cc(Nc3ncc(-c4ncco4)c(N[C@H](CO)c4ccccc4)n3)ccc2CC1=O. The van der Waals surface area contributed by atoms with Gasteiger partial charge in [0.2, 0.25) is 17.7 Å². The minimum atomic E-state index is -0.380. The van der Waals surface area contributed by atoms with Crippen LogP contribution < -0.4 is 10.6 Å². The highest BCUT2D eigenvalue weighted by molar-refractivity contribution is 5.81. The van der Waals surface area contributed by atoms with Crippen molar-refractivity contribution in [3.8, 4) is 11.5 Å². The number of aliphatic hydroxyl groups is 1. The molecular weight excluding hydrogens is 432 g/mol. The fraction of sp³-hybridized carbons (Fsp3) is 0.200. The molecule has 9 heteroatoms. The summed E-state index contributed by atoms with van der Waals surface area (Å²) in [5.41, 5.74) is 4.44. The fourth-order valence-corrected chi connectivity index (χ4v) is 3.94. The van der Waals surface area contributed by atoms with Crippen molar-refractivity contribution in [1.82, 2.24) is 19.9 Å². The van der Waals surface area contributed by atoms with Crippen LogP contribution in [0.3, 0.4) is 0 Å². The monoisotopic (exact) mass is 456 g/mol. The van der Waals surface area contributed by atoms with Crippen LogP contribution in [0.4, 0.5) is 17.5 Å². The third-order valence-electron chi connectivity index (χ3n) is 5.78. The van der Waals surface area contributed by atoms with E-state index in [-0.39, 0.29) is 18.6 Å². The van der Waals surface area contributed by atoms with Crippen molar-refractivity contribution >= 4 is 23.4 Å². The summed E-state index contributed by atoms with van der Waals surface area (Å²) >= 11 is 0. The largest absolute Gasteiger partial charge is 0.444 e. The lowest BCUT2D eigenvalue weighted by Crippen LogP contribution is -2.32. The van der Waals surface area contributed by atoms with Gasteiger partial charge in [0.05, 0.1) is 30.8 Å². The Morgan fingerprint density at radius 3 is 2.76 bits per heavy atom. The molecule has 1 amide bonds. The van der Waals surface area contributed by atoms with Crippen LogP contribution >= 0.6 is 0 Å². The van der Waals surface area contributed by atoms with Crippen LogP contribution in [0.5, 0.6) is 0 Å². The molecule has 4 aromatic rings. The number of nitrogens with zero attached hydrogens (tertiary/aromatic N) is 4. The Hall–Kier alpha value is -4.24. The van der Waals surface area contributed by atoms with Crippen molar-refractivity contribution in [1.29, 1.82) is 0 Å². The average molecular weight is 457 g/mol. The fourth-order valence-electron chi connectivity index (χ4n) is 3.94. The van der Waals surface area contributed by atoms with Gasteiger partial charge in [-0.15, -0.1) is 0 Å². The Kier molecular flexibility index (Phi) is 5.92. The number of likely N-dealkylation sites (N-methyl/N-ethyl adjacent to an activating group) is 1. The molecule has 2 aromatic heterocycles. The minimum Gasteiger partial charge on any atom is -0.444 e. The zero-order chi connectivity index (χ0) is 23.5. The number of oxazole rings is 1. The van der Waals surface area contributed by atoms with E-state index in [1.165, 1.54) is 6.26 Å². The number of aliphatic hydroxyl groups excluding tert-OH is 1. The first-order chi connectivity index (χ1) is 16.6. The van der Waals surface area contributed by atoms with Gasteiger partial charge in [-0.1, -0.05) is 36.4 Å². The van der Waals surface area contributed by atoms with Crippen LogP contribution in [0.1, 0.15) is 22.7 Å². The van der Waals surface area contributed by atoms with Gasteiger partial charge in [-0.25, -0.2) is 9.97 Å². The van der Waals surface area contributed by atoms with Crippen molar-refractivity contribution in [2.24, 2.45) is 0 Å². The van der Waals surface area contributed by atoms with Gasteiger partial charge >= 0.3 is 0 Å². The molecule has 0 saturated carbocycles. The summed E-state index contributed by atoms with van der Waals surface area (Å²) in [5.74, 6) is 1.35. The van der Waals surface area contributed by atoms with E-state index < -0.39 is 0 Å². The summed E-state index contributed by atoms with van der Waals surface area (Å²) in [4.78, 5) is 27.0. The third kappa shape index (κ3) is 4.46. The van der Waals surface area contributed by atoms with E-state index in [0.717, 1.165) is 22.4 Å². The quantitative estimate of drug-likeness (QED) is 0.387. The van der Waals surface area contributed by atoms with Crippen LogP contribution in [0.25, 0.3) is 11.5 Å². The normalized spacial score (nSPS) is 13.9. The number of aromatic nitrogens is 3. The number of carbonyl (C=O) groups is 1. The molecule has 0 saturated heterocycles. The second-order valence-corrected chi connectivity index (χ2v) is 8.12. The molecule has 0 unspecified atom stereocenters. The Balaban J connectivity index is 1.45. The van der Waals surface area contributed by atoms with Crippen molar-refractivity contribution in [2.75, 3.05) is 24.3 Å². The summed E-state index contributed by atoms with van der Waals surface area (Å²) in [7, 11) is 1.80. The molecule has 3 heterocycles. The molecule has 172 valence electrons. The van der Waals surface area contributed by atoms with Crippen LogP contribution in [0.15, 0.2) is 71.6 Å². The standard InChI is InChI=1S/C25H24N6O3/c1-31-14-18-11-19(8-7-17(18)12-22(31)33)28-25-27-13-20(24-26-9-10-34-24)23(30-25)29-21(15-32)16-5-3-2-4-6-16/h2-11,13,21,32H,12,14-15H2,1H3,(H2,27,28,29,30)/t21-/m1/s1. The molecule has 0 bridgehead atoms. The molecule has 0 spiro atoms. The first-order valence-electron chi connectivity index (χ1n) is 10.9. The first kappa shape index (κ1) is 21.6. The van der Waals surface area contributed by atoms with E-state index in [1.807, 2.05) is 48.5 Å². The summed E-state index contributed by atoms with van der Waals surface area (Å²) in [6.07, 6.45) is 5.08. The van der Waals surface area contributed by atoms with E-state index in [0.29, 0.717) is 36.2 Å². The van der Waals surface area contributed by atoms with Crippen LogP contribution in [-0.4, -0.2) is 44.5 Å². The molecule has 5 rings (SSSR count). The van der Waals surface area contributed by atoms with Gasteiger partial charge in [0, 0.05) is 25.5 Å². The molecule has 1 atom stereocenters. The second kappa shape index (κ2) is 9.32. The Morgan fingerprint density at radius 2 is 2.00 bits per heavy atom. The van der Waals surface area contributed by atoms with Gasteiger partial charge in [-0.05, 0) is 28.8 Å².